The van der Waals surface area contributed by atoms with Crippen LogP contribution >= 0.6 is 0 Å². The normalized spacial score (nSPS) is 23.6. The zero-order chi connectivity index (χ0) is 61.6. The zero-order valence-electron chi connectivity index (χ0n) is 54.6. The number of unbranched alkanes of at least 4 members (excludes halogenated alkanes) is 45. The van der Waals surface area contributed by atoms with Crippen molar-refractivity contribution in [1.29, 1.82) is 0 Å². The van der Waals surface area contributed by atoms with Gasteiger partial charge in [-0.15, -0.1) is 0 Å². The molecule has 14 nitrogen and oxygen atoms in total. The van der Waals surface area contributed by atoms with E-state index in [0.717, 1.165) is 32.1 Å². The molecule has 0 radical (unpaired) electrons. The lowest BCUT2D eigenvalue weighted by Gasteiger charge is -2.46. The first-order chi connectivity index (χ1) is 41.6. The summed E-state index contributed by atoms with van der Waals surface area (Å²) in [5.41, 5.74) is 0. The van der Waals surface area contributed by atoms with Crippen LogP contribution in [0, 0.1) is 0 Å². The van der Waals surface area contributed by atoms with E-state index in [1.54, 1.807) is 6.08 Å². The van der Waals surface area contributed by atoms with Crippen LogP contribution in [0.1, 0.15) is 328 Å². The monoisotopic (exact) mass is 1210 g/mol. The van der Waals surface area contributed by atoms with Gasteiger partial charge in [-0.3, -0.25) is 4.79 Å². The fourth-order valence-corrected chi connectivity index (χ4v) is 12.1. The second-order valence-electron chi connectivity index (χ2n) is 25.7. The Bertz CT molecular complexity index is 1520. The van der Waals surface area contributed by atoms with Crippen molar-refractivity contribution < 1.29 is 64.6 Å². The number of amides is 1. The summed E-state index contributed by atoms with van der Waals surface area (Å²) in [6.45, 7) is 2.79. The predicted molar refractivity (Wildman–Crippen MR) is 346 cm³/mol. The topological polar surface area (TPSA) is 228 Å². The minimum absolute atomic E-state index is 0.244. The molecule has 502 valence electrons. The Labute approximate surface area is 519 Å². The SMILES string of the molecule is CCCCCCCC/C=C/CC/C=C/C(O)C(COC1OC(CO)C(OC2OC(CO)C(O)C(O)C2O)C(O)C1O)NC(=O)CCCCCCCCCCCCCCCCCCCCCCCCCCCCCCCCCCCCCCCCC. The number of ether oxygens (including phenoxy) is 4. The maximum absolute atomic E-state index is 13.3. The largest absolute Gasteiger partial charge is 0.394 e. The van der Waals surface area contributed by atoms with Gasteiger partial charge >= 0.3 is 0 Å². The second-order valence-corrected chi connectivity index (χ2v) is 25.7. The van der Waals surface area contributed by atoms with Gasteiger partial charge in [-0.2, -0.15) is 0 Å². The summed E-state index contributed by atoms with van der Waals surface area (Å²) in [5, 5.41) is 87.1. The molecule has 12 atom stereocenters. The van der Waals surface area contributed by atoms with Crippen LogP contribution in [0.2, 0.25) is 0 Å². The third-order valence-corrected chi connectivity index (χ3v) is 17.9. The fraction of sp³-hybridized carbons (Fsp3) is 0.930. The first-order valence-electron chi connectivity index (χ1n) is 36.1. The first-order valence-corrected chi connectivity index (χ1v) is 36.1. The molecule has 2 aliphatic rings. The lowest BCUT2D eigenvalue weighted by atomic mass is 9.97. The Kier molecular flexibility index (Phi) is 52.8. The highest BCUT2D eigenvalue weighted by Crippen LogP contribution is 2.30. The summed E-state index contributed by atoms with van der Waals surface area (Å²) in [6.07, 6.45) is 54.4. The maximum Gasteiger partial charge on any atom is 0.220 e. The lowest BCUT2D eigenvalue weighted by Crippen LogP contribution is -2.65. The van der Waals surface area contributed by atoms with Crippen LogP contribution in [-0.2, 0) is 23.7 Å². The number of aliphatic hydroxyl groups is 8. The van der Waals surface area contributed by atoms with Crippen molar-refractivity contribution in [3.8, 4) is 0 Å². The number of rotatable bonds is 60. The Hall–Kier alpha value is -1.53. The molecule has 14 heteroatoms. The van der Waals surface area contributed by atoms with E-state index in [2.05, 4.69) is 31.3 Å². The number of hydrogen-bond donors (Lipinski definition) is 9. The highest BCUT2D eigenvalue weighted by Gasteiger charge is 2.51. The molecule has 0 saturated carbocycles. The number of carbonyl (C=O) groups excluding carboxylic acids is 1. The van der Waals surface area contributed by atoms with Crippen LogP contribution in [0.4, 0.5) is 0 Å². The van der Waals surface area contributed by atoms with Crippen molar-refractivity contribution in [2.75, 3.05) is 19.8 Å². The molecule has 0 aromatic rings. The van der Waals surface area contributed by atoms with E-state index in [9.17, 15) is 45.6 Å². The lowest BCUT2D eigenvalue weighted by molar-refractivity contribution is -0.359. The first kappa shape index (κ1) is 79.6. The number of allylic oxidation sites excluding steroid dienone is 3. The molecule has 0 bridgehead atoms. The molecule has 0 aromatic carbocycles. The molecule has 2 rings (SSSR count). The maximum atomic E-state index is 13.3. The molecule has 0 aromatic heterocycles. The van der Waals surface area contributed by atoms with E-state index in [1.807, 2.05) is 6.08 Å². The molecule has 2 saturated heterocycles. The van der Waals surface area contributed by atoms with E-state index in [-0.39, 0.29) is 18.9 Å². The van der Waals surface area contributed by atoms with Gasteiger partial charge in [-0.25, -0.2) is 0 Å². The van der Waals surface area contributed by atoms with Crippen molar-refractivity contribution in [2.45, 2.75) is 402 Å². The van der Waals surface area contributed by atoms with Crippen LogP contribution in [0.5, 0.6) is 0 Å². The number of carbonyl (C=O) groups is 1. The molecule has 12 unspecified atom stereocenters. The van der Waals surface area contributed by atoms with Crippen molar-refractivity contribution >= 4 is 5.91 Å². The van der Waals surface area contributed by atoms with Crippen molar-refractivity contribution in [3.63, 3.8) is 0 Å². The van der Waals surface area contributed by atoms with Gasteiger partial charge < -0.3 is 65.1 Å². The molecule has 2 fully saturated rings. The predicted octanol–water partition coefficient (Wildman–Crippen LogP) is 14.7. The van der Waals surface area contributed by atoms with Crippen molar-refractivity contribution in [2.24, 2.45) is 0 Å². The molecule has 2 heterocycles. The average Bonchev–Trinajstić information content (AvgIpc) is 3.66. The molecule has 85 heavy (non-hydrogen) atoms. The summed E-state index contributed by atoms with van der Waals surface area (Å²) in [4.78, 5) is 13.3. The average molecular weight is 1210 g/mol. The Balaban J connectivity index is 1.53. The van der Waals surface area contributed by atoms with E-state index in [1.165, 1.54) is 263 Å². The van der Waals surface area contributed by atoms with Gasteiger partial charge in [0.1, 0.15) is 48.8 Å². The zero-order valence-corrected chi connectivity index (χ0v) is 54.6. The van der Waals surface area contributed by atoms with Gasteiger partial charge in [-0.05, 0) is 32.1 Å². The molecule has 2 aliphatic heterocycles. The molecule has 0 aliphatic carbocycles. The number of aliphatic hydroxyl groups excluding tert-OH is 8. The molecule has 9 N–H and O–H groups in total. The Morgan fingerprint density at radius 1 is 0.412 bits per heavy atom. The van der Waals surface area contributed by atoms with E-state index >= 15 is 0 Å². The highest BCUT2D eigenvalue weighted by molar-refractivity contribution is 5.76. The van der Waals surface area contributed by atoms with Crippen molar-refractivity contribution in [1.82, 2.24) is 5.32 Å². The summed E-state index contributed by atoms with van der Waals surface area (Å²) >= 11 is 0. The highest BCUT2D eigenvalue weighted by atomic mass is 16.7. The van der Waals surface area contributed by atoms with E-state index in [4.69, 9.17) is 18.9 Å². The standard InChI is InChI=1S/C71H135NO13/c1-3-5-7-9-11-13-15-17-18-19-20-21-22-23-24-25-26-27-28-29-30-31-32-33-34-35-36-37-38-39-40-41-42-43-45-47-49-51-53-55-63(76)72-59(60(75)54-52-50-48-46-44-16-14-12-10-8-6-4-2)58-82-70-68(81)66(79)69(62(57-74)84-70)85-71-67(80)65(78)64(77)61(56-73)83-71/h44,46,52,54,59-62,64-71,73-75,77-81H,3-43,45,47-51,53,55-58H2,1-2H3,(H,72,76)/b46-44+,54-52+. The van der Waals surface area contributed by atoms with Crippen LogP contribution < -0.4 is 5.32 Å². The number of hydrogen-bond acceptors (Lipinski definition) is 13. The quantitative estimate of drug-likeness (QED) is 0.0204. The minimum atomic E-state index is -1.79. The molecular formula is C71H135NO13. The van der Waals surface area contributed by atoms with Gasteiger partial charge in [0, 0.05) is 6.42 Å². The van der Waals surface area contributed by atoms with Gasteiger partial charge in [-0.1, -0.05) is 314 Å². The van der Waals surface area contributed by atoms with Crippen LogP contribution in [0.3, 0.4) is 0 Å². The summed E-state index contributed by atoms with van der Waals surface area (Å²) < 4.78 is 22.8. The Morgan fingerprint density at radius 3 is 1.15 bits per heavy atom. The van der Waals surface area contributed by atoms with E-state index < -0.39 is 86.8 Å². The Morgan fingerprint density at radius 2 is 0.753 bits per heavy atom. The molecule has 1 amide bonds. The summed E-state index contributed by atoms with van der Waals surface area (Å²) in [5.74, 6) is -0.244. The van der Waals surface area contributed by atoms with E-state index in [0.29, 0.717) is 12.8 Å². The minimum Gasteiger partial charge on any atom is -0.394 e. The number of nitrogens with one attached hydrogen (secondary N) is 1. The third kappa shape index (κ3) is 40.8. The van der Waals surface area contributed by atoms with Crippen LogP contribution in [0.15, 0.2) is 24.3 Å². The summed E-state index contributed by atoms with van der Waals surface area (Å²) in [6, 6.07) is -0.928. The van der Waals surface area contributed by atoms with Crippen LogP contribution in [-0.4, -0.2) is 140 Å². The fourth-order valence-electron chi connectivity index (χ4n) is 12.1. The van der Waals surface area contributed by atoms with Crippen LogP contribution in [0.25, 0.3) is 0 Å². The third-order valence-electron chi connectivity index (χ3n) is 17.9. The molecular weight excluding hydrogens is 1070 g/mol. The molecule has 0 spiro atoms. The smallest absolute Gasteiger partial charge is 0.220 e. The van der Waals surface area contributed by atoms with Gasteiger partial charge in [0.05, 0.1) is 32.0 Å². The second kappa shape index (κ2) is 56.5. The summed E-state index contributed by atoms with van der Waals surface area (Å²) in [7, 11) is 0. The van der Waals surface area contributed by atoms with Gasteiger partial charge in [0.25, 0.3) is 0 Å². The van der Waals surface area contributed by atoms with Crippen molar-refractivity contribution in [3.05, 3.63) is 24.3 Å². The van der Waals surface area contributed by atoms with Gasteiger partial charge in [0.2, 0.25) is 5.91 Å². The van der Waals surface area contributed by atoms with Gasteiger partial charge in [0.15, 0.2) is 12.6 Å².